The lowest BCUT2D eigenvalue weighted by atomic mass is 10.1. The molecule has 7 heteroatoms. The number of para-hydroxylation sites is 2. The highest BCUT2D eigenvalue weighted by molar-refractivity contribution is 7.73. The van der Waals surface area contributed by atoms with Gasteiger partial charge in [-0.2, -0.15) is 0 Å². The minimum Gasteiger partial charge on any atom is -0.493 e. The highest BCUT2D eigenvalue weighted by Crippen LogP contribution is 2.35. The quantitative estimate of drug-likeness (QED) is 0.495. The topological polar surface area (TPSA) is 63.8 Å². The Hall–Kier alpha value is -3.55. The molecule has 0 atom stereocenters. The van der Waals surface area contributed by atoms with E-state index < -0.39 is 0 Å². The van der Waals surface area contributed by atoms with Crippen LogP contribution >= 0.6 is 23.6 Å². The molecule has 1 amide bonds. The molecule has 1 aromatic heterocycles. The lowest BCUT2D eigenvalue weighted by molar-refractivity contribution is -0.112. The van der Waals surface area contributed by atoms with Gasteiger partial charge in [0, 0.05) is 5.22 Å². The third kappa shape index (κ3) is 3.14. The molecule has 30 heavy (non-hydrogen) atoms. The van der Waals surface area contributed by atoms with E-state index in [9.17, 15) is 9.90 Å². The van der Waals surface area contributed by atoms with Crippen molar-refractivity contribution in [1.82, 2.24) is 4.57 Å². The molecule has 146 valence electrons. The van der Waals surface area contributed by atoms with Crippen molar-refractivity contribution in [1.29, 1.82) is 0 Å². The summed E-state index contributed by atoms with van der Waals surface area (Å²) in [6.07, 6.45) is 0. The van der Waals surface area contributed by atoms with Gasteiger partial charge in [0.05, 0.1) is 16.6 Å². The average Bonchev–Trinajstić information content (AvgIpc) is 3.24. The fourth-order valence-corrected chi connectivity index (χ4v) is 4.71. The number of rotatable bonds is 4. The average molecular weight is 431 g/mol. The van der Waals surface area contributed by atoms with E-state index in [0.717, 1.165) is 5.75 Å². The molecule has 0 fully saturated rings. The van der Waals surface area contributed by atoms with Crippen LogP contribution in [0.25, 0.3) is 11.3 Å². The number of benzene rings is 3. The highest BCUT2D eigenvalue weighted by atomic mass is 32.1. The summed E-state index contributed by atoms with van der Waals surface area (Å²) in [6, 6.07) is 24.0. The lowest BCUT2D eigenvalue weighted by Crippen LogP contribution is -2.22. The second-order valence-electron chi connectivity index (χ2n) is 6.57. The van der Waals surface area contributed by atoms with Gasteiger partial charge in [-0.15, -0.1) is 11.3 Å². The predicted molar refractivity (Wildman–Crippen MR) is 117 cm³/mol. The van der Waals surface area contributed by atoms with Crippen LogP contribution in [0.4, 0.5) is 0 Å². The number of ether oxygens (including phenoxy) is 1. The van der Waals surface area contributed by atoms with Gasteiger partial charge in [0.25, 0.3) is 5.91 Å². The van der Waals surface area contributed by atoms with Crippen LogP contribution in [-0.2, 0) is 4.79 Å². The molecule has 0 unspecified atom stereocenters. The van der Waals surface area contributed by atoms with Crippen molar-refractivity contribution in [3.63, 3.8) is 0 Å². The number of hydrogen-bond donors (Lipinski definition) is 1. The summed E-state index contributed by atoms with van der Waals surface area (Å²) in [5.74, 6) is 0.957. The molecule has 0 bridgehead atoms. The first-order chi connectivity index (χ1) is 14.6. The molecular weight excluding hydrogens is 416 g/mol. The molecule has 1 aliphatic heterocycles. The van der Waals surface area contributed by atoms with Crippen molar-refractivity contribution >= 4 is 35.0 Å². The van der Waals surface area contributed by atoms with Crippen LogP contribution < -0.4 is 15.3 Å². The third-order valence-electron chi connectivity index (χ3n) is 4.70. The minimum atomic E-state index is -0.374. The van der Waals surface area contributed by atoms with Crippen molar-refractivity contribution < 1.29 is 14.6 Å². The van der Waals surface area contributed by atoms with Crippen LogP contribution in [-0.4, -0.2) is 15.6 Å². The smallest absolute Gasteiger partial charge is 0.279 e. The summed E-state index contributed by atoms with van der Waals surface area (Å²) in [4.78, 5) is 17.0. The van der Waals surface area contributed by atoms with E-state index in [1.165, 1.54) is 11.3 Å². The molecule has 1 N–H and O–H groups in total. The molecule has 0 aliphatic carbocycles. The Morgan fingerprint density at radius 2 is 1.57 bits per heavy atom. The van der Waals surface area contributed by atoms with Crippen molar-refractivity contribution in [2.45, 2.75) is 0 Å². The first-order valence-corrected chi connectivity index (χ1v) is 10.4. The Morgan fingerprint density at radius 1 is 0.900 bits per heavy atom. The molecule has 0 saturated heterocycles. The third-order valence-corrected chi connectivity index (χ3v) is 6.08. The Kier molecular flexibility index (Phi) is 4.54. The van der Waals surface area contributed by atoms with E-state index in [-0.39, 0.29) is 11.8 Å². The van der Waals surface area contributed by atoms with Crippen molar-refractivity contribution in [3.8, 4) is 23.1 Å². The normalized spacial score (nSPS) is 12.5. The van der Waals surface area contributed by atoms with E-state index >= 15 is 0 Å². The van der Waals surface area contributed by atoms with E-state index in [1.807, 2.05) is 60.7 Å². The molecule has 5 rings (SSSR count). The van der Waals surface area contributed by atoms with Crippen molar-refractivity contribution in [2.24, 2.45) is 4.99 Å². The fourth-order valence-electron chi connectivity index (χ4n) is 3.33. The van der Waals surface area contributed by atoms with Gasteiger partial charge >= 0.3 is 0 Å². The summed E-state index contributed by atoms with van der Waals surface area (Å²) in [6.45, 7) is 0. The van der Waals surface area contributed by atoms with E-state index in [0.29, 0.717) is 36.4 Å². The van der Waals surface area contributed by atoms with Gasteiger partial charge in [0.15, 0.2) is 3.95 Å². The number of carbonyl (C=O) groups excluding carboxylic acids is 1. The Bertz CT molecular complexity index is 1450. The summed E-state index contributed by atoms with van der Waals surface area (Å²) in [5.41, 5.74) is 1.05. The zero-order chi connectivity index (χ0) is 20.7. The first-order valence-electron chi connectivity index (χ1n) is 9.13. The number of aromatic hydroxyl groups is 1. The highest BCUT2D eigenvalue weighted by Gasteiger charge is 2.25. The zero-order valence-corrected chi connectivity index (χ0v) is 17.1. The maximum atomic E-state index is 12.5. The molecule has 2 heterocycles. The van der Waals surface area contributed by atoms with Gasteiger partial charge in [-0.05, 0) is 54.7 Å². The number of amides is 1. The van der Waals surface area contributed by atoms with Crippen LogP contribution in [0.2, 0.25) is 0 Å². The van der Waals surface area contributed by atoms with Gasteiger partial charge in [-0.25, -0.2) is 4.99 Å². The van der Waals surface area contributed by atoms with Crippen LogP contribution in [0.15, 0.2) is 83.9 Å². The van der Waals surface area contributed by atoms with E-state index in [4.69, 9.17) is 17.0 Å². The Balaban J connectivity index is 1.55. The molecule has 0 radical (unpaired) electrons. The number of thiazole rings is 1. The predicted octanol–water partition coefficient (Wildman–Crippen LogP) is 4.12. The van der Waals surface area contributed by atoms with Gasteiger partial charge in [-0.1, -0.05) is 36.4 Å². The SMILES string of the molecule is O=C1N=c2ccccc2=C1c1sc(=S)n(-c2ccc(Oc3ccccc3)cc2)c1O. The van der Waals surface area contributed by atoms with Crippen molar-refractivity contribution in [2.75, 3.05) is 0 Å². The minimum absolute atomic E-state index is 0.0722. The molecule has 4 aromatic rings. The molecule has 0 saturated carbocycles. The second-order valence-corrected chi connectivity index (χ2v) is 8.22. The maximum Gasteiger partial charge on any atom is 0.279 e. The second kappa shape index (κ2) is 7.37. The number of nitrogens with zero attached hydrogens (tertiary/aromatic N) is 2. The van der Waals surface area contributed by atoms with Crippen LogP contribution in [0.5, 0.6) is 17.4 Å². The number of carbonyl (C=O) groups is 1. The van der Waals surface area contributed by atoms with Gasteiger partial charge in [0.1, 0.15) is 16.4 Å². The molecule has 3 aromatic carbocycles. The maximum absolute atomic E-state index is 12.5. The van der Waals surface area contributed by atoms with Crippen LogP contribution in [0.1, 0.15) is 4.88 Å². The summed E-state index contributed by atoms with van der Waals surface area (Å²) >= 11 is 6.67. The lowest BCUT2D eigenvalue weighted by Gasteiger charge is -2.08. The molecule has 5 nitrogen and oxygen atoms in total. The van der Waals surface area contributed by atoms with Gasteiger partial charge in [-0.3, -0.25) is 9.36 Å². The van der Waals surface area contributed by atoms with E-state index in [1.54, 1.807) is 22.8 Å². The van der Waals surface area contributed by atoms with Gasteiger partial charge < -0.3 is 9.84 Å². The summed E-state index contributed by atoms with van der Waals surface area (Å²) in [5, 5.41) is 12.2. The number of fused-ring (bicyclic) bond motifs is 1. The van der Waals surface area contributed by atoms with Crippen LogP contribution in [0, 0.1) is 3.95 Å². The zero-order valence-electron chi connectivity index (χ0n) is 15.5. The summed E-state index contributed by atoms with van der Waals surface area (Å²) in [7, 11) is 0. The summed E-state index contributed by atoms with van der Waals surface area (Å²) < 4.78 is 7.79. The Morgan fingerprint density at radius 3 is 2.33 bits per heavy atom. The molecule has 0 spiro atoms. The fraction of sp³-hybridized carbons (Fsp3) is 0. The standard InChI is InChI=1S/C23H14N2O3S2/c26-21-19(17-8-4-5-9-18(17)24-21)20-22(27)25(23(29)30-20)14-10-12-16(13-11-14)28-15-6-2-1-3-7-15/h1-13,27H. The van der Waals surface area contributed by atoms with Gasteiger partial charge in [0.2, 0.25) is 5.88 Å². The van der Waals surface area contributed by atoms with E-state index in [2.05, 4.69) is 4.99 Å². The number of aromatic nitrogens is 1. The number of hydrogen-bond acceptors (Lipinski definition) is 5. The van der Waals surface area contributed by atoms with Crippen molar-refractivity contribution in [3.05, 3.63) is 98.3 Å². The largest absolute Gasteiger partial charge is 0.493 e. The van der Waals surface area contributed by atoms with Crippen LogP contribution in [0.3, 0.4) is 0 Å². The first kappa shape index (κ1) is 18.5. The Labute approximate surface area is 180 Å². The monoisotopic (exact) mass is 430 g/mol. The molecule has 1 aliphatic rings. The molecular formula is C23H14N2O3S2.